The second-order valence-electron chi connectivity index (χ2n) is 6.61. The third-order valence-electron chi connectivity index (χ3n) is 4.96. The molecule has 30 heavy (non-hydrogen) atoms. The lowest BCUT2D eigenvalue weighted by Gasteiger charge is -2.23. The highest BCUT2D eigenvalue weighted by Gasteiger charge is 2.59. The Hall–Kier alpha value is -3.39. The maximum absolute atomic E-state index is 13.4. The number of ether oxygens (including phenoxy) is 2. The number of benzene rings is 2. The zero-order chi connectivity index (χ0) is 21.4. The molecule has 2 aromatic rings. The molecule has 0 unspecified atom stereocenters. The van der Waals surface area contributed by atoms with Gasteiger partial charge in [-0.3, -0.25) is 9.59 Å². The summed E-state index contributed by atoms with van der Waals surface area (Å²) in [5.41, 5.74) is 0.584. The number of methoxy groups -OCH3 is 1. The Labute approximate surface area is 177 Å². The van der Waals surface area contributed by atoms with Crippen LogP contribution in [0, 0.1) is 5.92 Å². The Morgan fingerprint density at radius 3 is 2.40 bits per heavy atom. The van der Waals surface area contributed by atoms with Crippen molar-refractivity contribution < 1.29 is 23.9 Å². The van der Waals surface area contributed by atoms with Crippen molar-refractivity contribution in [3.63, 3.8) is 0 Å². The highest BCUT2D eigenvalue weighted by atomic mass is 35.5. The molecule has 2 aliphatic heterocycles. The van der Waals surface area contributed by atoms with Gasteiger partial charge in [-0.25, -0.2) is 14.7 Å². The molecule has 0 N–H and O–H groups in total. The summed E-state index contributed by atoms with van der Waals surface area (Å²) in [5, 5.41) is 5.95. The second kappa shape index (κ2) is 7.79. The van der Waals surface area contributed by atoms with E-state index in [1.807, 2.05) is 0 Å². The molecule has 0 aromatic heterocycles. The summed E-state index contributed by atoms with van der Waals surface area (Å²) >= 11 is 6.31. The molecule has 2 heterocycles. The van der Waals surface area contributed by atoms with Gasteiger partial charge >= 0.3 is 5.97 Å². The third-order valence-corrected chi connectivity index (χ3v) is 5.28. The van der Waals surface area contributed by atoms with Crippen LogP contribution in [0.3, 0.4) is 0 Å². The summed E-state index contributed by atoms with van der Waals surface area (Å²) in [6.07, 6.45) is 0. The number of hydrogen-bond donors (Lipinski definition) is 0. The molecular weight excluding hydrogens is 410 g/mol. The summed E-state index contributed by atoms with van der Waals surface area (Å²) in [5.74, 6) is -2.60. The predicted molar refractivity (Wildman–Crippen MR) is 111 cm³/mol. The molecule has 2 atom stereocenters. The molecule has 0 bridgehead atoms. The quantitative estimate of drug-likeness (QED) is 0.538. The van der Waals surface area contributed by atoms with E-state index in [4.69, 9.17) is 21.1 Å². The van der Waals surface area contributed by atoms with Crippen LogP contribution >= 0.6 is 11.6 Å². The number of halogens is 1. The Morgan fingerprint density at radius 1 is 1.07 bits per heavy atom. The van der Waals surface area contributed by atoms with Gasteiger partial charge in [-0.05, 0) is 31.2 Å². The van der Waals surface area contributed by atoms with Crippen molar-refractivity contribution in [1.29, 1.82) is 0 Å². The van der Waals surface area contributed by atoms with E-state index in [2.05, 4.69) is 5.10 Å². The first-order valence-electron chi connectivity index (χ1n) is 9.29. The van der Waals surface area contributed by atoms with Crippen LogP contribution in [0.15, 0.2) is 53.6 Å². The molecule has 154 valence electrons. The van der Waals surface area contributed by atoms with E-state index in [-0.39, 0.29) is 12.3 Å². The average molecular weight is 428 g/mol. The standard InChI is InChI=1S/C21H18ClN3O5/c1-3-30-21(28)17-16-18(25(23-17)13-9-5-4-8-12(13)22)20(27)24(19(16)26)14-10-6-7-11-15(14)29-2/h4-11,16,18H,3H2,1-2H3/t16-,18-/m0/s1. The van der Waals surface area contributed by atoms with Crippen LogP contribution in [0.5, 0.6) is 5.75 Å². The number of amides is 2. The van der Waals surface area contributed by atoms with E-state index in [0.29, 0.717) is 22.1 Å². The van der Waals surface area contributed by atoms with Gasteiger partial charge in [-0.1, -0.05) is 35.9 Å². The number of esters is 1. The zero-order valence-corrected chi connectivity index (χ0v) is 17.0. The van der Waals surface area contributed by atoms with E-state index in [1.165, 1.54) is 12.1 Å². The van der Waals surface area contributed by atoms with Gasteiger partial charge in [0.1, 0.15) is 17.7 Å². The van der Waals surface area contributed by atoms with Gasteiger partial charge in [-0.15, -0.1) is 0 Å². The normalized spacial score (nSPS) is 20.3. The van der Waals surface area contributed by atoms with Crippen molar-refractivity contribution in [1.82, 2.24) is 0 Å². The highest BCUT2D eigenvalue weighted by Crippen LogP contribution is 2.42. The molecule has 4 rings (SSSR count). The number of rotatable bonds is 5. The molecular formula is C21H18ClN3O5. The molecule has 1 fully saturated rings. The van der Waals surface area contributed by atoms with Crippen molar-refractivity contribution in [3.05, 3.63) is 53.6 Å². The first-order valence-corrected chi connectivity index (χ1v) is 9.67. The molecule has 0 aliphatic carbocycles. The zero-order valence-electron chi connectivity index (χ0n) is 16.2. The molecule has 2 aromatic carbocycles. The molecule has 0 spiro atoms. The van der Waals surface area contributed by atoms with E-state index in [9.17, 15) is 14.4 Å². The van der Waals surface area contributed by atoms with Gasteiger partial charge in [-0.2, -0.15) is 5.10 Å². The number of imide groups is 1. The van der Waals surface area contributed by atoms with Crippen LogP contribution in [0.2, 0.25) is 5.02 Å². The predicted octanol–water partition coefficient (Wildman–Crippen LogP) is 2.65. The minimum Gasteiger partial charge on any atom is -0.495 e. The van der Waals surface area contributed by atoms with Crippen LogP contribution in [-0.4, -0.2) is 43.3 Å². The Balaban J connectivity index is 1.83. The fraction of sp³-hybridized carbons (Fsp3) is 0.238. The second-order valence-corrected chi connectivity index (χ2v) is 7.02. The minimum absolute atomic E-state index is 0.111. The third kappa shape index (κ3) is 3.00. The Bertz CT molecular complexity index is 1070. The summed E-state index contributed by atoms with van der Waals surface area (Å²) in [4.78, 5) is 40.4. The number of carbonyl (C=O) groups excluding carboxylic acids is 3. The minimum atomic E-state index is -1.11. The number of anilines is 2. The fourth-order valence-electron chi connectivity index (χ4n) is 3.68. The van der Waals surface area contributed by atoms with Crippen molar-refractivity contribution >= 4 is 46.5 Å². The van der Waals surface area contributed by atoms with E-state index in [1.54, 1.807) is 55.5 Å². The summed E-state index contributed by atoms with van der Waals surface area (Å²) in [7, 11) is 1.45. The van der Waals surface area contributed by atoms with Crippen LogP contribution in [0.1, 0.15) is 6.92 Å². The molecule has 0 saturated carbocycles. The van der Waals surface area contributed by atoms with Crippen LogP contribution < -0.4 is 14.6 Å². The van der Waals surface area contributed by atoms with Crippen molar-refractivity contribution in [2.45, 2.75) is 13.0 Å². The Kier molecular flexibility index (Phi) is 5.17. The maximum atomic E-state index is 13.4. The lowest BCUT2D eigenvalue weighted by Crippen LogP contribution is -2.39. The largest absolute Gasteiger partial charge is 0.495 e. The highest BCUT2D eigenvalue weighted by molar-refractivity contribution is 6.47. The maximum Gasteiger partial charge on any atom is 0.355 e. The smallest absolute Gasteiger partial charge is 0.355 e. The molecule has 8 nitrogen and oxygen atoms in total. The fourth-order valence-corrected chi connectivity index (χ4v) is 3.90. The van der Waals surface area contributed by atoms with Gasteiger partial charge < -0.3 is 9.47 Å². The van der Waals surface area contributed by atoms with Crippen LogP contribution in [0.25, 0.3) is 0 Å². The monoisotopic (exact) mass is 427 g/mol. The van der Waals surface area contributed by atoms with Crippen LogP contribution in [0.4, 0.5) is 11.4 Å². The lowest BCUT2D eigenvalue weighted by atomic mass is 9.98. The molecule has 2 amide bonds. The molecule has 1 saturated heterocycles. The molecule has 0 radical (unpaired) electrons. The van der Waals surface area contributed by atoms with E-state index in [0.717, 1.165) is 4.90 Å². The number of hydrazone groups is 1. The van der Waals surface area contributed by atoms with Gasteiger partial charge in [0.2, 0.25) is 5.91 Å². The van der Waals surface area contributed by atoms with Gasteiger partial charge in [0, 0.05) is 0 Å². The first-order chi connectivity index (χ1) is 14.5. The molecule has 2 aliphatic rings. The SMILES string of the molecule is CCOC(=O)C1=NN(c2ccccc2Cl)[C@@H]2C(=O)N(c3ccccc3OC)C(=O)[C@@H]12. The molecule has 9 heteroatoms. The number of para-hydroxylation sites is 3. The van der Waals surface area contributed by atoms with Gasteiger partial charge in [0.25, 0.3) is 5.91 Å². The van der Waals surface area contributed by atoms with Crippen LogP contribution in [-0.2, 0) is 19.1 Å². The number of carbonyl (C=O) groups is 3. The summed E-state index contributed by atoms with van der Waals surface area (Å²) in [6.45, 7) is 1.76. The number of hydrogen-bond acceptors (Lipinski definition) is 7. The van der Waals surface area contributed by atoms with Crippen molar-refractivity contribution in [2.75, 3.05) is 23.6 Å². The van der Waals surface area contributed by atoms with Crippen molar-refractivity contribution in [3.8, 4) is 5.75 Å². The van der Waals surface area contributed by atoms with Crippen molar-refractivity contribution in [2.24, 2.45) is 11.0 Å². The summed E-state index contributed by atoms with van der Waals surface area (Å²) in [6, 6.07) is 12.4. The lowest BCUT2D eigenvalue weighted by molar-refractivity contribution is -0.136. The van der Waals surface area contributed by atoms with E-state index >= 15 is 0 Å². The average Bonchev–Trinajstić information content (AvgIpc) is 3.25. The van der Waals surface area contributed by atoms with Gasteiger partial charge in [0.05, 0.1) is 30.1 Å². The topological polar surface area (TPSA) is 88.5 Å². The summed E-state index contributed by atoms with van der Waals surface area (Å²) < 4.78 is 10.4. The number of nitrogens with zero attached hydrogens (tertiary/aromatic N) is 3. The van der Waals surface area contributed by atoms with E-state index < -0.39 is 29.7 Å². The van der Waals surface area contributed by atoms with Gasteiger partial charge in [0.15, 0.2) is 5.71 Å². The Morgan fingerprint density at radius 2 is 1.73 bits per heavy atom. The number of fused-ring (bicyclic) bond motifs is 1. The first kappa shape index (κ1) is 19.9.